The number of alkyl halides is 3. The molecule has 3 aliphatic rings. The molecular formula is C24H18F3N5O4. The summed E-state index contributed by atoms with van der Waals surface area (Å²) in [6.45, 7) is 0. The first kappa shape index (κ1) is 22.1. The Balaban J connectivity index is 1.11. The van der Waals surface area contributed by atoms with E-state index in [1.54, 1.807) is 24.4 Å². The second-order valence-corrected chi connectivity index (χ2v) is 8.65. The van der Waals surface area contributed by atoms with E-state index in [0.717, 1.165) is 23.3 Å². The number of hydrogen-bond acceptors (Lipinski definition) is 6. The fourth-order valence-electron chi connectivity index (χ4n) is 4.50. The van der Waals surface area contributed by atoms with Gasteiger partial charge in [-0.2, -0.15) is 13.2 Å². The summed E-state index contributed by atoms with van der Waals surface area (Å²) in [6.07, 6.45) is -1.63. The SMILES string of the molecule is O=C1CCc2c(Oc3ccc4c(c3)[C@H]3[C@@H](NC(=O)Nc5ccc(C(F)(F)F)cn5)[C@H]3O4)ccnc2N1. The number of nitrogens with one attached hydrogen (secondary N) is 3. The molecule has 1 saturated carbocycles. The van der Waals surface area contributed by atoms with Gasteiger partial charge < -0.3 is 20.1 Å². The first-order valence-corrected chi connectivity index (χ1v) is 11.1. The number of ether oxygens (including phenoxy) is 2. The molecule has 4 heterocycles. The van der Waals surface area contributed by atoms with Crippen molar-refractivity contribution in [1.82, 2.24) is 15.3 Å². The van der Waals surface area contributed by atoms with Crippen molar-refractivity contribution in [3.8, 4) is 17.2 Å². The van der Waals surface area contributed by atoms with E-state index in [4.69, 9.17) is 9.47 Å². The van der Waals surface area contributed by atoms with Gasteiger partial charge in [0.15, 0.2) is 0 Å². The van der Waals surface area contributed by atoms with Crippen molar-refractivity contribution in [2.24, 2.45) is 0 Å². The second-order valence-electron chi connectivity index (χ2n) is 8.65. The highest BCUT2D eigenvalue weighted by Gasteiger charge is 2.59. The van der Waals surface area contributed by atoms with Crippen molar-refractivity contribution in [2.45, 2.75) is 37.1 Å². The van der Waals surface area contributed by atoms with Gasteiger partial charge in [-0.15, -0.1) is 0 Å². The van der Waals surface area contributed by atoms with E-state index in [1.807, 2.05) is 6.07 Å². The van der Waals surface area contributed by atoms with Crippen molar-refractivity contribution < 1.29 is 32.2 Å². The molecule has 3 atom stereocenters. The number of carbonyl (C=O) groups excluding carboxylic acids is 2. The third-order valence-electron chi connectivity index (χ3n) is 6.29. The summed E-state index contributed by atoms with van der Waals surface area (Å²) in [5.41, 5.74) is 0.808. The van der Waals surface area contributed by atoms with E-state index in [2.05, 4.69) is 25.9 Å². The minimum atomic E-state index is -4.50. The number of halogens is 3. The van der Waals surface area contributed by atoms with Crippen LogP contribution >= 0.6 is 0 Å². The van der Waals surface area contributed by atoms with E-state index in [1.165, 1.54) is 0 Å². The fraction of sp³-hybridized carbons (Fsp3) is 0.250. The first-order chi connectivity index (χ1) is 17.3. The number of benzene rings is 1. The number of aromatic nitrogens is 2. The van der Waals surface area contributed by atoms with Gasteiger partial charge in [0.2, 0.25) is 5.91 Å². The summed E-state index contributed by atoms with van der Waals surface area (Å²) in [4.78, 5) is 31.8. The predicted octanol–water partition coefficient (Wildman–Crippen LogP) is 4.22. The van der Waals surface area contributed by atoms with Crippen molar-refractivity contribution >= 4 is 23.6 Å². The van der Waals surface area contributed by atoms with Gasteiger partial charge in [-0.3, -0.25) is 10.1 Å². The Kier molecular flexibility index (Phi) is 4.99. The zero-order valence-electron chi connectivity index (χ0n) is 18.4. The number of carbonyl (C=O) groups is 2. The molecule has 12 heteroatoms. The molecule has 0 bridgehead atoms. The van der Waals surface area contributed by atoms with Crippen LogP contribution in [0.1, 0.15) is 29.0 Å². The highest BCUT2D eigenvalue weighted by atomic mass is 19.4. The summed E-state index contributed by atoms with van der Waals surface area (Å²) in [5.74, 6) is 2.20. The van der Waals surface area contributed by atoms with Crippen LogP contribution in [-0.2, 0) is 17.4 Å². The van der Waals surface area contributed by atoms with Crippen LogP contribution < -0.4 is 25.4 Å². The van der Waals surface area contributed by atoms with Gasteiger partial charge in [-0.1, -0.05) is 0 Å². The van der Waals surface area contributed by atoms with Crippen LogP contribution in [0.4, 0.5) is 29.6 Å². The highest BCUT2D eigenvalue weighted by molar-refractivity contribution is 5.93. The van der Waals surface area contributed by atoms with Gasteiger partial charge in [-0.25, -0.2) is 14.8 Å². The number of anilines is 2. The maximum Gasteiger partial charge on any atom is 0.417 e. The third kappa shape index (κ3) is 4.04. The molecule has 3 aromatic rings. The normalized spacial score (nSPS) is 21.3. The van der Waals surface area contributed by atoms with E-state index in [9.17, 15) is 22.8 Å². The molecule has 0 unspecified atom stereocenters. The topological polar surface area (TPSA) is 114 Å². The summed E-state index contributed by atoms with van der Waals surface area (Å²) in [5, 5.41) is 7.96. The van der Waals surface area contributed by atoms with Crippen molar-refractivity contribution in [3.05, 3.63) is 65.5 Å². The second kappa shape index (κ2) is 8.11. The van der Waals surface area contributed by atoms with Crippen LogP contribution in [-0.4, -0.2) is 34.1 Å². The number of pyridine rings is 2. The summed E-state index contributed by atoms with van der Waals surface area (Å²) in [7, 11) is 0. The van der Waals surface area contributed by atoms with Crippen LogP contribution in [0.3, 0.4) is 0 Å². The number of fused-ring (bicyclic) bond motifs is 4. The molecule has 9 nitrogen and oxygen atoms in total. The number of hydrogen-bond donors (Lipinski definition) is 3. The minimum Gasteiger partial charge on any atom is -0.487 e. The fourth-order valence-corrected chi connectivity index (χ4v) is 4.50. The van der Waals surface area contributed by atoms with Crippen LogP contribution in [0.5, 0.6) is 17.2 Å². The minimum absolute atomic E-state index is 0.000173. The molecule has 0 saturated heterocycles. The Labute approximate surface area is 202 Å². The lowest BCUT2D eigenvalue weighted by atomic mass is 10.1. The highest BCUT2D eigenvalue weighted by Crippen LogP contribution is 2.54. The number of amides is 3. The van der Waals surface area contributed by atoms with E-state index in [0.29, 0.717) is 42.1 Å². The van der Waals surface area contributed by atoms with Gasteiger partial charge in [0, 0.05) is 29.9 Å². The molecule has 1 fully saturated rings. The lowest BCUT2D eigenvalue weighted by Crippen LogP contribution is -2.34. The molecule has 0 spiro atoms. The van der Waals surface area contributed by atoms with Crippen molar-refractivity contribution in [3.63, 3.8) is 0 Å². The average molecular weight is 497 g/mol. The first-order valence-electron chi connectivity index (χ1n) is 11.1. The van der Waals surface area contributed by atoms with E-state index < -0.39 is 17.8 Å². The zero-order chi connectivity index (χ0) is 25.0. The molecule has 0 radical (unpaired) electrons. The lowest BCUT2D eigenvalue weighted by Gasteiger charge is -2.19. The van der Waals surface area contributed by atoms with Gasteiger partial charge in [0.05, 0.1) is 17.5 Å². The van der Waals surface area contributed by atoms with Gasteiger partial charge in [0.1, 0.15) is 35.0 Å². The van der Waals surface area contributed by atoms with Crippen molar-refractivity contribution in [1.29, 1.82) is 0 Å². The van der Waals surface area contributed by atoms with E-state index >= 15 is 0 Å². The zero-order valence-corrected chi connectivity index (χ0v) is 18.4. The molecule has 3 amide bonds. The van der Waals surface area contributed by atoms with Gasteiger partial charge in [-0.05, 0) is 42.8 Å². The van der Waals surface area contributed by atoms with Crippen LogP contribution in [0, 0.1) is 0 Å². The Morgan fingerprint density at radius 3 is 2.78 bits per heavy atom. The Bertz CT molecular complexity index is 1380. The Hall–Kier alpha value is -4.35. The molecule has 3 N–H and O–H groups in total. The Morgan fingerprint density at radius 2 is 2.00 bits per heavy atom. The maximum absolute atomic E-state index is 12.7. The predicted molar refractivity (Wildman–Crippen MR) is 120 cm³/mol. The largest absolute Gasteiger partial charge is 0.487 e. The average Bonchev–Trinajstić information content (AvgIpc) is 3.34. The van der Waals surface area contributed by atoms with Gasteiger partial charge >= 0.3 is 12.2 Å². The van der Waals surface area contributed by atoms with Crippen LogP contribution in [0.25, 0.3) is 0 Å². The van der Waals surface area contributed by atoms with Crippen molar-refractivity contribution in [2.75, 3.05) is 10.6 Å². The smallest absolute Gasteiger partial charge is 0.417 e. The quantitative estimate of drug-likeness (QED) is 0.497. The van der Waals surface area contributed by atoms with E-state index in [-0.39, 0.29) is 29.8 Å². The van der Waals surface area contributed by atoms with Crippen LogP contribution in [0.15, 0.2) is 48.8 Å². The molecule has 2 aromatic heterocycles. The summed E-state index contributed by atoms with van der Waals surface area (Å²) < 4.78 is 50.0. The molecule has 1 aromatic carbocycles. The number of nitrogens with zero attached hydrogens (tertiary/aromatic N) is 2. The van der Waals surface area contributed by atoms with Crippen LogP contribution in [0.2, 0.25) is 0 Å². The lowest BCUT2D eigenvalue weighted by molar-refractivity contribution is -0.137. The number of urea groups is 1. The molecular weight excluding hydrogens is 479 g/mol. The molecule has 6 rings (SSSR count). The van der Waals surface area contributed by atoms with Gasteiger partial charge in [0.25, 0.3) is 0 Å². The maximum atomic E-state index is 12.7. The monoisotopic (exact) mass is 497 g/mol. The standard InChI is InChI=1S/C24H18F3N5O4/c25-24(26,27)11-1-5-17(29-10-11)30-23(34)32-20-19-14-9-12(2-4-15(14)36-21(19)20)35-16-7-8-28-22-13(16)3-6-18(33)31-22/h1-2,4-5,7-10,19-21H,3,6H2,(H,28,31,33)(H2,29,30,32,34)/t19-,20+,21-/m0/s1. The molecule has 2 aliphatic heterocycles. The third-order valence-corrected chi connectivity index (χ3v) is 6.29. The summed E-state index contributed by atoms with van der Waals surface area (Å²) >= 11 is 0. The summed E-state index contributed by atoms with van der Waals surface area (Å²) in [6, 6.07) is 8.22. The molecule has 1 aliphatic carbocycles. The number of rotatable bonds is 4. The molecule has 36 heavy (non-hydrogen) atoms. The molecule has 184 valence electrons. The Morgan fingerprint density at radius 1 is 1.14 bits per heavy atom.